The van der Waals surface area contributed by atoms with Gasteiger partial charge in [-0.05, 0) is 30.4 Å². The number of ketones is 2. The van der Waals surface area contributed by atoms with E-state index in [4.69, 9.17) is 9.15 Å². The number of benzene rings is 1. The predicted molar refractivity (Wildman–Crippen MR) is 80.9 cm³/mol. The summed E-state index contributed by atoms with van der Waals surface area (Å²) >= 11 is 0. The molecule has 114 valence electrons. The van der Waals surface area contributed by atoms with Gasteiger partial charge in [-0.15, -0.1) is 0 Å². The third kappa shape index (κ3) is 2.74. The smallest absolute Gasteiger partial charge is 0.308 e. The Bertz CT molecular complexity index is 974. The van der Waals surface area contributed by atoms with Crippen molar-refractivity contribution < 1.29 is 23.5 Å². The first-order valence-corrected chi connectivity index (χ1v) is 6.68. The van der Waals surface area contributed by atoms with E-state index in [1.807, 2.05) is 0 Å². The number of esters is 1. The molecule has 0 saturated carbocycles. The van der Waals surface area contributed by atoms with E-state index in [1.165, 1.54) is 25.1 Å². The lowest BCUT2D eigenvalue weighted by Gasteiger charge is -2.07. The zero-order chi connectivity index (χ0) is 16.6. The van der Waals surface area contributed by atoms with Gasteiger partial charge in [0.2, 0.25) is 5.43 Å². The highest BCUT2D eigenvalue weighted by molar-refractivity contribution is 6.34. The highest BCUT2D eigenvalue weighted by atomic mass is 16.5. The Labute approximate surface area is 129 Å². The van der Waals surface area contributed by atoms with Crippen LogP contribution in [0.1, 0.15) is 12.5 Å². The number of hydrogen-bond acceptors (Lipinski definition) is 6. The monoisotopic (exact) mass is 310 g/mol. The van der Waals surface area contributed by atoms with E-state index in [0.29, 0.717) is 0 Å². The van der Waals surface area contributed by atoms with Crippen molar-refractivity contribution in [2.24, 2.45) is 0 Å². The van der Waals surface area contributed by atoms with Gasteiger partial charge in [-0.1, -0.05) is 0 Å². The first-order valence-electron chi connectivity index (χ1n) is 6.68. The summed E-state index contributed by atoms with van der Waals surface area (Å²) < 4.78 is 10.3. The van der Waals surface area contributed by atoms with Crippen molar-refractivity contribution in [1.29, 1.82) is 0 Å². The van der Waals surface area contributed by atoms with Gasteiger partial charge in [0.15, 0.2) is 11.6 Å². The lowest BCUT2D eigenvalue weighted by molar-refractivity contribution is -0.131. The minimum absolute atomic E-state index is 0.00258. The fraction of sp³-hybridized carbons (Fsp3) is 0.0588. The molecule has 0 unspecified atom stereocenters. The quantitative estimate of drug-likeness (QED) is 0.477. The molecule has 6 heteroatoms. The van der Waals surface area contributed by atoms with E-state index < -0.39 is 17.2 Å². The molecule has 0 saturated heterocycles. The van der Waals surface area contributed by atoms with Crippen molar-refractivity contribution in [3.8, 4) is 5.75 Å². The van der Waals surface area contributed by atoms with E-state index in [2.05, 4.69) is 0 Å². The topological polar surface area (TPSA) is 90.7 Å². The number of rotatable bonds is 2. The molecular weight excluding hydrogens is 300 g/mol. The number of allylic oxidation sites excluding steroid dienone is 4. The molecule has 0 amide bonds. The Hall–Kier alpha value is -3.28. The largest absolute Gasteiger partial charge is 0.463 e. The Morgan fingerprint density at radius 2 is 1.91 bits per heavy atom. The normalized spacial score (nSPS) is 14.0. The summed E-state index contributed by atoms with van der Waals surface area (Å²) in [6, 6.07) is 4.30. The third-order valence-corrected chi connectivity index (χ3v) is 3.25. The highest BCUT2D eigenvalue weighted by Gasteiger charge is 2.20. The Morgan fingerprint density at radius 1 is 1.13 bits per heavy atom. The highest BCUT2D eigenvalue weighted by Crippen LogP contribution is 2.23. The van der Waals surface area contributed by atoms with Crippen LogP contribution in [0, 0.1) is 0 Å². The Morgan fingerprint density at radius 3 is 2.65 bits per heavy atom. The van der Waals surface area contributed by atoms with Crippen LogP contribution in [0.2, 0.25) is 0 Å². The molecule has 0 bridgehead atoms. The molecule has 1 heterocycles. The molecule has 1 aromatic heterocycles. The molecule has 0 aliphatic heterocycles. The number of carbonyl (C=O) groups excluding carboxylic acids is 3. The average molecular weight is 310 g/mol. The minimum atomic E-state index is -0.494. The fourth-order valence-corrected chi connectivity index (χ4v) is 2.24. The van der Waals surface area contributed by atoms with Crippen LogP contribution in [-0.2, 0) is 14.4 Å². The zero-order valence-corrected chi connectivity index (χ0v) is 12.0. The number of ether oxygens (including phenoxy) is 1. The van der Waals surface area contributed by atoms with Crippen molar-refractivity contribution in [3.63, 3.8) is 0 Å². The van der Waals surface area contributed by atoms with Crippen LogP contribution in [0.15, 0.2) is 51.9 Å². The van der Waals surface area contributed by atoms with Crippen LogP contribution in [-0.4, -0.2) is 17.5 Å². The molecule has 0 atom stereocenters. The predicted octanol–water partition coefficient (Wildman–Crippen LogP) is 1.81. The SMILES string of the molecule is CC(=O)Oc1ccc2c(=O)c(C3=CC(=O)C=CC3=O)coc2c1. The molecule has 0 spiro atoms. The van der Waals surface area contributed by atoms with Crippen molar-refractivity contribution in [2.45, 2.75) is 6.92 Å². The van der Waals surface area contributed by atoms with E-state index in [1.54, 1.807) is 0 Å². The summed E-state index contributed by atoms with van der Waals surface area (Å²) in [7, 11) is 0. The molecule has 23 heavy (non-hydrogen) atoms. The van der Waals surface area contributed by atoms with E-state index in [0.717, 1.165) is 24.5 Å². The molecular formula is C17H10O6. The number of fused-ring (bicyclic) bond motifs is 1. The van der Waals surface area contributed by atoms with Gasteiger partial charge in [0.1, 0.15) is 17.6 Å². The van der Waals surface area contributed by atoms with Gasteiger partial charge < -0.3 is 9.15 Å². The zero-order valence-electron chi connectivity index (χ0n) is 12.0. The maximum absolute atomic E-state index is 12.5. The third-order valence-electron chi connectivity index (χ3n) is 3.25. The molecule has 1 aliphatic carbocycles. The maximum atomic E-state index is 12.5. The molecule has 1 aliphatic rings. The summed E-state index contributed by atoms with van der Waals surface area (Å²) in [5, 5.41) is 0.217. The van der Waals surface area contributed by atoms with Gasteiger partial charge in [0, 0.05) is 18.6 Å². The van der Waals surface area contributed by atoms with Gasteiger partial charge in [-0.3, -0.25) is 19.2 Å². The molecule has 0 N–H and O–H groups in total. The van der Waals surface area contributed by atoms with Gasteiger partial charge in [-0.2, -0.15) is 0 Å². The van der Waals surface area contributed by atoms with Crippen molar-refractivity contribution in [1.82, 2.24) is 0 Å². The van der Waals surface area contributed by atoms with E-state index in [9.17, 15) is 19.2 Å². The van der Waals surface area contributed by atoms with Crippen LogP contribution < -0.4 is 10.2 Å². The van der Waals surface area contributed by atoms with Gasteiger partial charge in [-0.25, -0.2) is 0 Å². The molecule has 6 nitrogen and oxygen atoms in total. The van der Waals surface area contributed by atoms with Crippen molar-refractivity contribution in [2.75, 3.05) is 0 Å². The number of carbonyl (C=O) groups is 3. The second-order valence-electron chi connectivity index (χ2n) is 4.89. The average Bonchev–Trinajstić information content (AvgIpc) is 2.50. The maximum Gasteiger partial charge on any atom is 0.308 e. The van der Waals surface area contributed by atoms with Crippen molar-refractivity contribution in [3.05, 3.63) is 58.5 Å². The second-order valence-corrected chi connectivity index (χ2v) is 4.89. The van der Waals surface area contributed by atoms with Crippen molar-refractivity contribution >= 4 is 34.1 Å². The van der Waals surface area contributed by atoms with Gasteiger partial charge >= 0.3 is 5.97 Å². The van der Waals surface area contributed by atoms with Crippen LogP contribution in [0.25, 0.3) is 16.5 Å². The minimum Gasteiger partial charge on any atom is -0.463 e. The summed E-state index contributed by atoms with van der Waals surface area (Å²) in [5.74, 6) is -1.06. The molecule has 0 fully saturated rings. The van der Waals surface area contributed by atoms with Crippen LogP contribution in [0.4, 0.5) is 0 Å². The molecule has 1 aromatic carbocycles. The molecule has 2 aromatic rings. The lowest BCUT2D eigenvalue weighted by atomic mass is 9.96. The first-order chi connectivity index (χ1) is 11.0. The first kappa shape index (κ1) is 14.6. The molecule has 3 rings (SSSR count). The summed E-state index contributed by atoms with van der Waals surface area (Å²) in [6.07, 6.45) is 4.48. The lowest BCUT2D eigenvalue weighted by Crippen LogP contribution is -2.15. The van der Waals surface area contributed by atoms with Gasteiger partial charge in [0.25, 0.3) is 0 Å². The number of hydrogen-bond donors (Lipinski definition) is 0. The fourth-order valence-electron chi connectivity index (χ4n) is 2.24. The Balaban J connectivity index is 2.13. The van der Waals surface area contributed by atoms with Gasteiger partial charge in [0.05, 0.1) is 10.9 Å². The van der Waals surface area contributed by atoms with E-state index in [-0.39, 0.29) is 33.6 Å². The van der Waals surface area contributed by atoms with Crippen LogP contribution in [0.3, 0.4) is 0 Å². The van der Waals surface area contributed by atoms with E-state index >= 15 is 0 Å². The summed E-state index contributed by atoms with van der Waals surface area (Å²) in [6.45, 7) is 1.26. The molecule has 0 radical (unpaired) electrons. The van der Waals surface area contributed by atoms with Crippen LogP contribution >= 0.6 is 0 Å². The standard InChI is InChI=1S/C17H10O6/c1-9(18)23-11-3-4-12-16(7-11)22-8-14(17(12)21)13-6-10(19)2-5-15(13)20/h2-8H,1H3. The van der Waals surface area contributed by atoms with Crippen LogP contribution in [0.5, 0.6) is 5.75 Å². The summed E-state index contributed by atoms with van der Waals surface area (Å²) in [4.78, 5) is 46.7. The second kappa shape index (κ2) is 5.49. The summed E-state index contributed by atoms with van der Waals surface area (Å²) in [5.41, 5.74) is -0.218. The Kier molecular flexibility index (Phi) is 3.50.